The third kappa shape index (κ3) is 1.51. The Kier molecular flexibility index (Phi) is 2.44. The van der Waals surface area contributed by atoms with Crippen LogP contribution in [0, 0.1) is 5.82 Å². The van der Waals surface area contributed by atoms with Gasteiger partial charge in [-0.15, -0.1) is 0 Å². The monoisotopic (exact) mass is 208 g/mol. The molecule has 1 amide bonds. The van der Waals surface area contributed by atoms with Crippen molar-refractivity contribution in [1.29, 1.82) is 0 Å². The summed E-state index contributed by atoms with van der Waals surface area (Å²) in [6.07, 6.45) is 0.856. The predicted molar refractivity (Wildman–Crippen MR) is 56.0 cm³/mol. The molecule has 1 aliphatic rings. The van der Waals surface area contributed by atoms with E-state index in [1.165, 1.54) is 12.1 Å². The highest BCUT2D eigenvalue weighted by atomic mass is 19.1. The standard InChI is InChI=1S/C11H13FN2O/c1-2-5-14-9-4-3-7(12)6-8(9)10(13)11(14)15/h3-4,6,10H,2,5,13H2,1H3. The number of nitrogens with two attached hydrogens (primary N) is 1. The fraction of sp³-hybridized carbons (Fsp3) is 0.364. The van der Waals surface area contributed by atoms with E-state index >= 15 is 0 Å². The van der Waals surface area contributed by atoms with Gasteiger partial charge >= 0.3 is 0 Å². The second kappa shape index (κ2) is 3.62. The average molecular weight is 208 g/mol. The Bertz CT molecular complexity index is 406. The molecule has 0 saturated heterocycles. The molecule has 0 saturated carbocycles. The van der Waals surface area contributed by atoms with Gasteiger partial charge < -0.3 is 10.6 Å². The topological polar surface area (TPSA) is 46.3 Å². The van der Waals surface area contributed by atoms with E-state index in [4.69, 9.17) is 5.73 Å². The van der Waals surface area contributed by atoms with Crippen molar-refractivity contribution in [1.82, 2.24) is 0 Å². The molecular formula is C11H13FN2O. The van der Waals surface area contributed by atoms with Gasteiger partial charge in [0.15, 0.2) is 0 Å². The van der Waals surface area contributed by atoms with Crippen molar-refractivity contribution in [3.8, 4) is 0 Å². The van der Waals surface area contributed by atoms with Crippen molar-refractivity contribution in [2.24, 2.45) is 5.73 Å². The van der Waals surface area contributed by atoms with Gasteiger partial charge in [-0.2, -0.15) is 0 Å². The molecule has 2 rings (SSSR count). The SMILES string of the molecule is CCCN1C(=O)C(N)c2cc(F)ccc21. The zero-order valence-corrected chi connectivity index (χ0v) is 8.53. The van der Waals surface area contributed by atoms with Crippen LogP contribution in [0.15, 0.2) is 18.2 Å². The minimum atomic E-state index is -0.706. The number of carbonyl (C=O) groups excluding carboxylic acids is 1. The zero-order valence-electron chi connectivity index (χ0n) is 8.53. The first-order chi connectivity index (χ1) is 7.15. The lowest BCUT2D eigenvalue weighted by molar-refractivity contribution is -0.119. The maximum atomic E-state index is 13.0. The maximum absolute atomic E-state index is 13.0. The fourth-order valence-electron chi connectivity index (χ4n) is 1.89. The molecule has 0 fully saturated rings. The van der Waals surface area contributed by atoms with E-state index in [2.05, 4.69) is 0 Å². The highest BCUT2D eigenvalue weighted by Crippen LogP contribution is 2.34. The lowest BCUT2D eigenvalue weighted by Gasteiger charge is -2.15. The summed E-state index contributed by atoms with van der Waals surface area (Å²) in [7, 11) is 0. The summed E-state index contributed by atoms with van der Waals surface area (Å²) in [6.45, 7) is 2.62. The smallest absolute Gasteiger partial charge is 0.248 e. The number of halogens is 1. The van der Waals surface area contributed by atoms with Gasteiger partial charge in [-0.05, 0) is 24.6 Å². The van der Waals surface area contributed by atoms with Crippen LogP contribution in [-0.2, 0) is 4.79 Å². The molecule has 1 aromatic rings. The van der Waals surface area contributed by atoms with Crippen LogP contribution in [0.3, 0.4) is 0 Å². The van der Waals surface area contributed by atoms with Gasteiger partial charge in [-0.25, -0.2) is 4.39 Å². The molecule has 1 atom stereocenters. The first-order valence-corrected chi connectivity index (χ1v) is 5.01. The molecule has 0 aromatic heterocycles. The van der Waals surface area contributed by atoms with Crippen molar-refractivity contribution >= 4 is 11.6 Å². The predicted octanol–water partition coefficient (Wildman–Crippen LogP) is 1.58. The number of nitrogens with zero attached hydrogens (tertiary/aromatic N) is 1. The molecule has 2 N–H and O–H groups in total. The molecule has 1 unspecified atom stereocenters. The molecule has 0 aliphatic carbocycles. The van der Waals surface area contributed by atoms with Crippen molar-refractivity contribution in [2.75, 3.05) is 11.4 Å². The third-order valence-corrected chi connectivity index (χ3v) is 2.59. The van der Waals surface area contributed by atoms with Crippen molar-refractivity contribution in [2.45, 2.75) is 19.4 Å². The zero-order chi connectivity index (χ0) is 11.0. The minimum Gasteiger partial charge on any atom is -0.316 e. The van der Waals surface area contributed by atoms with Crippen LogP contribution in [0.5, 0.6) is 0 Å². The van der Waals surface area contributed by atoms with Gasteiger partial charge in [0.25, 0.3) is 0 Å². The lowest BCUT2D eigenvalue weighted by atomic mass is 10.1. The number of hydrogen-bond donors (Lipinski definition) is 1. The Morgan fingerprint density at radius 2 is 2.27 bits per heavy atom. The van der Waals surface area contributed by atoms with E-state index in [0.717, 1.165) is 12.1 Å². The Morgan fingerprint density at radius 1 is 1.53 bits per heavy atom. The van der Waals surface area contributed by atoms with Gasteiger partial charge in [0, 0.05) is 17.8 Å². The van der Waals surface area contributed by atoms with Crippen molar-refractivity contribution < 1.29 is 9.18 Å². The summed E-state index contributed by atoms with van der Waals surface area (Å²) in [4.78, 5) is 13.4. The Morgan fingerprint density at radius 3 is 2.93 bits per heavy atom. The third-order valence-electron chi connectivity index (χ3n) is 2.59. The number of fused-ring (bicyclic) bond motifs is 1. The first kappa shape index (κ1) is 10.1. The second-order valence-corrected chi connectivity index (χ2v) is 3.67. The van der Waals surface area contributed by atoms with E-state index in [1.54, 1.807) is 11.0 Å². The number of carbonyl (C=O) groups is 1. The van der Waals surface area contributed by atoms with E-state index < -0.39 is 6.04 Å². The number of benzene rings is 1. The largest absolute Gasteiger partial charge is 0.316 e. The Balaban J connectivity index is 2.46. The Hall–Kier alpha value is -1.42. The van der Waals surface area contributed by atoms with Crippen molar-refractivity contribution in [3.63, 3.8) is 0 Å². The maximum Gasteiger partial charge on any atom is 0.248 e. The van der Waals surface area contributed by atoms with Gasteiger partial charge in [0.05, 0.1) is 0 Å². The van der Waals surface area contributed by atoms with E-state index in [0.29, 0.717) is 12.1 Å². The highest BCUT2D eigenvalue weighted by molar-refractivity contribution is 6.04. The van der Waals surface area contributed by atoms with Crippen LogP contribution in [-0.4, -0.2) is 12.5 Å². The molecule has 1 heterocycles. The molecular weight excluding hydrogens is 195 g/mol. The quantitative estimate of drug-likeness (QED) is 0.802. The molecule has 4 heteroatoms. The van der Waals surface area contributed by atoms with Gasteiger partial charge in [-0.3, -0.25) is 4.79 Å². The van der Waals surface area contributed by atoms with E-state index in [9.17, 15) is 9.18 Å². The van der Waals surface area contributed by atoms with Crippen molar-refractivity contribution in [3.05, 3.63) is 29.6 Å². The molecule has 0 bridgehead atoms. The summed E-state index contributed by atoms with van der Waals surface area (Å²) < 4.78 is 13.0. The normalized spacial score (nSPS) is 19.5. The number of anilines is 1. The van der Waals surface area contributed by atoms with Crippen LogP contribution < -0.4 is 10.6 Å². The van der Waals surface area contributed by atoms with Gasteiger partial charge in [-0.1, -0.05) is 6.92 Å². The molecule has 0 spiro atoms. The summed E-state index contributed by atoms with van der Waals surface area (Å²) in [5, 5.41) is 0. The molecule has 15 heavy (non-hydrogen) atoms. The molecule has 3 nitrogen and oxygen atoms in total. The first-order valence-electron chi connectivity index (χ1n) is 5.01. The van der Waals surface area contributed by atoms with Crippen LogP contribution in [0.4, 0.5) is 10.1 Å². The summed E-state index contributed by atoms with van der Waals surface area (Å²) in [5.74, 6) is -0.493. The summed E-state index contributed by atoms with van der Waals surface area (Å²) in [5.41, 5.74) is 7.06. The van der Waals surface area contributed by atoms with Gasteiger partial charge in [0.2, 0.25) is 5.91 Å². The number of hydrogen-bond acceptors (Lipinski definition) is 2. The Labute approximate surface area is 87.7 Å². The average Bonchev–Trinajstić information content (AvgIpc) is 2.44. The second-order valence-electron chi connectivity index (χ2n) is 3.67. The van der Waals surface area contributed by atoms with E-state index in [-0.39, 0.29) is 11.7 Å². The molecule has 1 aromatic carbocycles. The lowest BCUT2D eigenvalue weighted by Crippen LogP contribution is -2.32. The van der Waals surface area contributed by atoms with Gasteiger partial charge in [0.1, 0.15) is 11.9 Å². The summed E-state index contributed by atoms with van der Waals surface area (Å²) in [6, 6.07) is 3.60. The van der Waals surface area contributed by atoms with Crippen LogP contribution in [0.2, 0.25) is 0 Å². The van der Waals surface area contributed by atoms with E-state index in [1.807, 2.05) is 6.92 Å². The highest BCUT2D eigenvalue weighted by Gasteiger charge is 2.34. The number of rotatable bonds is 2. The summed E-state index contributed by atoms with van der Waals surface area (Å²) >= 11 is 0. The molecule has 0 radical (unpaired) electrons. The number of amides is 1. The fourth-order valence-corrected chi connectivity index (χ4v) is 1.89. The molecule has 80 valence electrons. The van der Waals surface area contributed by atoms with Crippen LogP contribution >= 0.6 is 0 Å². The minimum absolute atomic E-state index is 0.141. The van der Waals surface area contributed by atoms with Crippen LogP contribution in [0.1, 0.15) is 24.9 Å². The molecule has 1 aliphatic heterocycles. The van der Waals surface area contributed by atoms with Crippen LogP contribution in [0.25, 0.3) is 0 Å².